The third-order valence-corrected chi connectivity index (χ3v) is 6.62. The summed E-state index contributed by atoms with van der Waals surface area (Å²) in [5.74, 6) is 1.19. The van der Waals surface area contributed by atoms with E-state index in [0.717, 1.165) is 24.2 Å². The predicted molar refractivity (Wildman–Crippen MR) is 119 cm³/mol. The molecule has 3 aromatic rings. The van der Waals surface area contributed by atoms with Crippen molar-refractivity contribution in [1.29, 1.82) is 0 Å². The summed E-state index contributed by atoms with van der Waals surface area (Å²) in [7, 11) is 0. The molecule has 1 aliphatic carbocycles. The van der Waals surface area contributed by atoms with E-state index in [1.165, 1.54) is 25.7 Å². The fourth-order valence-electron chi connectivity index (χ4n) is 5.07. The van der Waals surface area contributed by atoms with Crippen molar-refractivity contribution in [2.45, 2.75) is 32.4 Å². The van der Waals surface area contributed by atoms with Gasteiger partial charge in [-0.3, -0.25) is 9.78 Å². The van der Waals surface area contributed by atoms with Gasteiger partial charge in [0, 0.05) is 29.6 Å². The number of hydrogen-bond acceptors (Lipinski definition) is 3. The van der Waals surface area contributed by atoms with Gasteiger partial charge in [-0.25, -0.2) is 4.39 Å². The molecule has 5 heteroatoms. The number of carbonyl (C=O) groups excluding carboxylic acids is 1. The highest BCUT2D eigenvalue weighted by Gasteiger charge is 2.31. The number of fused-ring (bicyclic) bond motifs is 5. The van der Waals surface area contributed by atoms with Gasteiger partial charge in [-0.2, -0.15) is 0 Å². The van der Waals surface area contributed by atoms with E-state index < -0.39 is 6.67 Å². The van der Waals surface area contributed by atoms with E-state index in [1.54, 1.807) is 24.4 Å². The summed E-state index contributed by atoms with van der Waals surface area (Å²) in [5, 5.41) is 4.00. The molecule has 3 aliphatic rings. The summed E-state index contributed by atoms with van der Waals surface area (Å²) in [4.78, 5) is 19.9. The molecule has 1 N–H and O–H groups in total. The van der Waals surface area contributed by atoms with Crippen molar-refractivity contribution in [3.63, 3.8) is 0 Å². The summed E-state index contributed by atoms with van der Waals surface area (Å²) >= 11 is 0. The van der Waals surface area contributed by atoms with E-state index in [4.69, 9.17) is 0 Å². The molecule has 4 nitrogen and oxygen atoms in total. The van der Waals surface area contributed by atoms with Crippen LogP contribution in [-0.4, -0.2) is 24.0 Å². The first-order chi connectivity index (χ1) is 14.7. The molecule has 3 heterocycles. The fourth-order valence-corrected chi connectivity index (χ4v) is 5.07. The highest BCUT2D eigenvalue weighted by molar-refractivity contribution is 6.09. The molecule has 30 heavy (non-hydrogen) atoms. The highest BCUT2D eigenvalue weighted by atomic mass is 19.1. The number of hydrogen-bond donors (Lipinski definition) is 1. The van der Waals surface area contributed by atoms with Gasteiger partial charge >= 0.3 is 0 Å². The van der Waals surface area contributed by atoms with Crippen molar-refractivity contribution in [3.05, 3.63) is 65.9 Å². The summed E-state index contributed by atoms with van der Waals surface area (Å²) < 4.78 is 13.6. The van der Waals surface area contributed by atoms with Crippen molar-refractivity contribution >= 4 is 28.2 Å². The first-order valence-electron chi connectivity index (χ1n) is 10.8. The van der Waals surface area contributed by atoms with E-state index >= 15 is 0 Å². The number of nitrogens with zero attached hydrogens (tertiary/aromatic N) is 2. The molecule has 2 aromatic carbocycles. The molecular weight excluding hydrogens is 377 g/mol. The number of alkyl halides is 1. The van der Waals surface area contributed by atoms with Crippen LogP contribution in [0.25, 0.3) is 10.9 Å². The number of benzene rings is 2. The predicted octanol–water partition coefficient (Wildman–Crippen LogP) is 5.58. The Balaban J connectivity index is 1.61. The second-order valence-electron chi connectivity index (χ2n) is 8.58. The van der Waals surface area contributed by atoms with Crippen LogP contribution in [0.4, 0.5) is 15.8 Å². The van der Waals surface area contributed by atoms with E-state index in [9.17, 15) is 9.18 Å². The maximum Gasteiger partial charge on any atom is 0.255 e. The Morgan fingerprint density at radius 1 is 1.00 bits per heavy atom. The average molecular weight is 404 g/mol. The summed E-state index contributed by atoms with van der Waals surface area (Å²) in [6, 6.07) is 14.9. The molecule has 1 amide bonds. The van der Waals surface area contributed by atoms with Crippen molar-refractivity contribution in [2.24, 2.45) is 11.8 Å². The van der Waals surface area contributed by atoms with Crippen molar-refractivity contribution < 1.29 is 9.18 Å². The molecule has 1 aromatic heterocycles. The van der Waals surface area contributed by atoms with Crippen LogP contribution in [0.2, 0.25) is 0 Å². The molecule has 0 unspecified atom stereocenters. The highest BCUT2D eigenvalue weighted by Crippen LogP contribution is 2.41. The van der Waals surface area contributed by atoms with Gasteiger partial charge in [0.05, 0.1) is 23.1 Å². The van der Waals surface area contributed by atoms with Crippen molar-refractivity contribution in [1.82, 2.24) is 4.98 Å². The fraction of sp³-hybridized carbons (Fsp3) is 0.360. The largest absolute Gasteiger partial charge is 0.369 e. The second kappa shape index (κ2) is 8.05. The Labute approximate surface area is 176 Å². The minimum absolute atomic E-state index is 0.155. The molecule has 2 bridgehead atoms. The first-order valence-corrected chi connectivity index (χ1v) is 10.8. The lowest BCUT2D eigenvalue weighted by atomic mass is 9.84. The average Bonchev–Trinajstić information content (AvgIpc) is 3.12. The third kappa shape index (κ3) is 3.53. The van der Waals surface area contributed by atoms with Gasteiger partial charge in [-0.1, -0.05) is 36.4 Å². The lowest BCUT2D eigenvalue weighted by Crippen LogP contribution is -2.30. The summed E-state index contributed by atoms with van der Waals surface area (Å²) in [5.41, 5.74) is 3.57. The van der Waals surface area contributed by atoms with Gasteiger partial charge in [0.2, 0.25) is 0 Å². The molecule has 0 spiro atoms. The van der Waals surface area contributed by atoms with Crippen molar-refractivity contribution in [3.8, 4) is 0 Å². The monoisotopic (exact) mass is 403 g/mol. The molecule has 0 radical (unpaired) electrons. The zero-order chi connectivity index (χ0) is 20.5. The number of nitrogens with one attached hydrogen (secondary N) is 1. The maximum atomic E-state index is 13.6. The zero-order valence-corrected chi connectivity index (χ0v) is 17.0. The first kappa shape index (κ1) is 19.0. The van der Waals surface area contributed by atoms with Crippen LogP contribution >= 0.6 is 0 Å². The zero-order valence-electron chi connectivity index (χ0n) is 17.0. The van der Waals surface area contributed by atoms with Crippen LogP contribution in [0.3, 0.4) is 0 Å². The Hall–Kier alpha value is -2.95. The number of para-hydroxylation sites is 1. The third-order valence-electron chi connectivity index (χ3n) is 6.62. The lowest BCUT2D eigenvalue weighted by molar-refractivity contribution is 0.102. The Morgan fingerprint density at radius 3 is 2.37 bits per heavy atom. The van der Waals surface area contributed by atoms with Crippen LogP contribution in [0.5, 0.6) is 0 Å². The van der Waals surface area contributed by atoms with E-state index in [2.05, 4.69) is 15.2 Å². The molecule has 1 saturated carbocycles. The summed E-state index contributed by atoms with van der Waals surface area (Å²) in [6.45, 7) is 1.40. The lowest BCUT2D eigenvalue weighted by Gasteiger charge is -2.29. The minimum Gasteiger partial charge on any atom is -0.369 e. The molecule has 154 valence electrons. The van der Waals surface area contributed by atoms with E-state index in [-0.39, 0.29) is 5.91 Å². The van der Waals surface area contributed by atoms with Gasteiger partial charge in [-0.15, -0.1) is 0 Å². The molecule has 2 saturated heterocycles. The van der Waals surface area contributed by atoms with Crippen LogP contribution < -0.4 is 10.2 Å². The number of carbonyl (C=O) groups is 1. The SMILES string of the molecule is O=C(Nc1cnc2c(CF)cccc2c1N1CC2CCC(CC2)C1)c1ccccc1. The topological polar surface area (TPSA) is 45.2 Å². The number of rotatable bonds is 4. The van der Waals surface area contributed by atoms with Gasteiger partial charge in [0.25, 0.3) is 5.91 Å². The standard InChI is InChI=1S/C25H26FN3O/c26-13-20-7-4-8-21-23(20)27-14-22(28-25(30)19-5-2-1-3-6-19)24(21)29-15-17-9-10-18(16-29)12-11-17/h1-8,14,17-18H,9-13,15-16H2,(H,28,30). The Morgan fingerprint density at radius 2 is 1.70 bits per heavy atom. The van der Waals surface area contributed by atoms with E-state index in [1.807, 2.05) is 30.3 Å². The van der Waals surface area contributed by atoms with Crippen LogP contribution in [0, 0.1) is 11.8 Å². The maximum absolute atomic E-state index is 13.6. The second-order valence-corrected chi connectivity index (χ2v) is 8.58. The number of pyridine rings is 1. The van der Waals surface area contributed by atoms with Crippen molar-refractivity contribution in [2.75, 3.05) is 23.3 Å². The number of halogens is 1. The minimum atomic E-state index is -0.551. The molecule has 6 rings (SSSR count). The van der Waals surface area contributed by atoms with Crippen LogP contribution in [0.15, 0.2) is 54.7 Å². The van der Waals surface area contributed by atoms with Crippen LogP contribution in [0.1, 0.15) is 41.6 Å². The van der Waals surface area contributed by atoms with Gasteiger partial charge in [0.1, 0.15) is 6.67 Å². The molecule has 2 aliphatic heterocycles. The molecular formula is C25H26FN3O. The molecule has 3 fully saturated rings. The van der Waals surface area contributed by atoms with Gasteiger partial charge in [-0.05, 0) is 49.7 Å². The Kier molecular flexibility index (Phi) is 5.11. The summed E-state index contributed by atoms with van der Waals surface area (Å²) in [6.07, 6.45) is 6.78. The number of aromatic nitrogens is 1. The molecule has 0 atom stereocenters. The van der Waals surface area contributed by atoms with E-state index in [0.29, 0.717) is 34.2 Å². The normalized spacial score (nSPS) is 20.9. The van der Waals surface area contributed by atoms with Gasteiger partial charge in [0.15, 0.2) is 0 Å². The van der Waals surface area contributed by atoms with Gasteiger partial charge < -0.3 is 10.2 Å². The smallest absolute Gasteiger partial charge is 0.255 e. The number of anilines is 2. The quantitative estimate of drug-likeness (QED) is 0.618. The number of amides is 1. The van der Waals surface area contributed by atoms with Crippen LogP contribution in [-0.2, 0) is 6.67 Å². The Bertz CT molecular complexity index is 1050.